The molecular formula is C21H31N5. The minimum Gasteiger partial charge on any atom is -0.303 e. The third kappa shape index (κ3) is 4.51. The van der Waals surface area contributed by atoms with Crippen molar-refractivity contribution in [2.24, 2.45) is 5.92 Å². The molecule has 1 aromatic heterocycles. The van der Waals surface area contributed by atoms with Gasteiger partial charge in [-0.25, -0.2) is 4.98 Å². The molecule has 1 atom stereocenters. The summed E-state index contributed by atoms with van der Waals surface area (Å²) in [6.45, 7) is 3.75. The van der Waals surface area contributed by atoms with Crippen LogP contribution in [0, 0.1) is 5.92 Å². The van der Waals surface area contributed by atoms with Gasteiger partial charge in [0.05, 0.1) is 6.04 Å². The number of rotatable bonds is 6. The highest BCUT2D eigenvalue weighted by molar-refractivity contribution is 5.24. The van der Waals surface area contributed by atoms with E-state index in [-0.39, 0.29) is 6.04 Å². The van der Waals surface area contributed by atoms with E-state index in [1.54, 1.807) is 6.33 Å². The van der Waals surface area contributed by atoms with Gasteiger partial charge >= 0.3 is 0 Å². The minimum atomic E-state index is 0.0913. The molecule has 1 aromatic carbocycles. The van der Waals surface area contributed by atoms with E-state index in [9.17, 15) is 0 Å². The van der Waals surface area contributed by atoms with Crippen molar-refractivity contribution in [3.63, 3.8) is 0 Å². The Morgan fingerprint density at radius 1 is 1.04 bits per heavy atom. The van der Waals surface area contributed by atoms with E-state index < -0.39 is 0 Å². The van der Waals surface area contributed by atoms with Gasteiger partial charge in [0.2, 0.25) is 0 Å². The number of nitrogens with zero attached hydrogens (tertiary/aromatic N) is 3. The van der Waals surface area contributed by atoms with Crippen LogP contribution < -0.4 is 5.32 Å². The van der Waals surface area contributed by atoms with Gasteiger partial charge in [0.15, 0.2) is 0 Å². The van der Waals surface area contributed by atoms with Crippen LogP contribution in [0.25, 0.3) is 0 Å². The standard InChI is InChI=1S/C21H31N5/c1-3-7-17(8-4-1)15-26-13-11-19(12-14-26)24-20(21-22-16-23-25-21)18-9-5-2-6-10-18/h2,5-6,9-10,16-17,19-20,24H,1,3-4,7-8,11-15H2,(H,22,23,25). The highest BCUT2D eigenvalue weighted by Gasteiger charge is 2.26. The second-order valence-electron chi connectivity index (χ2n) is 7.96. The Balaban J connectivity index is 1.33. The molecule has 1 aliphatic carbocycles. The lowest BCUT2D eigenvalue weighted by molar-refractivity contribution is 0.153. The largest absolute Gasteiger partial charge is 0.303 e. The summed E-state index contributed by atoms with van der Waals surface area (Å²) in [5.41, 5.74) is 1.24. The summed E-state index contributed by atoms with van der Waals surface area (Å²) in [7, 11) is 0. The predicted molar refractivity (Wildman–Crippen MR) is 104 cm³/mol. The van der Waals surface area contributed by atoms with E-state index in [1.165, 1.54) is 70.1 Å². The predicted octanol–water partition coefficient (Wildman–Crippen LogP) is 3.53. The van der Waals surface area contributed by atoms with E-state index in [1.807, 2.05) is 0 Å². The first-order chi connectivity index (χ1) is 12.9. The first kappa shape index (κ1) is 17.7. The Labute approximate surface area is 156 Å². The Hall–Kier alpha value is -1.72. The fraction of sp³-hybridized carbons (Fsp3) is 0.619. The Morgan fingerprint density at radius 3 is 2.50 bits per heavy atom. The average molecular weight is 354 g/mol. The van der Waals surface area contributed by atoms with Gasteiger partial charge in [-0.15, -0.1) is 0 Å². The van der Waals surface area contributed by atoms with Crippen LogP contribution in [0.2, 0.25) is 0 Å². The quantitative estimate of drug-likeness (QED) is 0.834. The molecule has 2 aromatic rings. The van der Waals surface area contributed by atoms with Crippen molar-refractivity contribution in [3.05, 3.63) is 48.0 Å². The number of benzene rings is 1. The van der Waals surface area contributed by atoms with Crippen molar-refractivity contribution >= 4 is 0 Å². The lowest BCUT2D eigenvalue weighted by Crippen LogP contribution is -2.45. The Morgan fingerprint density at radius 2 is 1.81 bits per heavy atom. The normalized spacial score (nSPS) is 21.7. The van der Waals surface area contributed by atoms with Gasteiger partial charge in [0.25, 0.3) is 0 Å². The van der Waals surface area contributed by atoms with Gasteiger partial charge in [0, 0.05) is 12.6 Å². The Bertz CT molecular complexity index is 628. The zero-order chi connectivity index (χ0) is 17.6. The fourth-order valence-electron chi connectivity index (χ4n) is 4.59. The van der Waals surface area contributed by atoms with Gasteiger partial charge in [-0.2, -0.15) is 5.10 Å². The maximum atomic E-state index is 4.41. The molecule has 2 heterocycles. The number of nitrogens with one attached hydrogen (secondary N) is 2. The van der Waals surface area contributed by atoms with Gasteiger partial charge in [-0.05, 0) is 50.3 Å². The van der Waals surface area contributed by atoms with Crippen LogP contribution in [0.1, 0.15) is 62.4 Å². The number of aromatic amines is 1. The second kappa shape index (κ2) is 8.78. The number of hydrogen-bond acceptors (Lipinski definition) is 4. The van der Waals surface area contributed by atoms with E-state index >= 15 is 0 Å². The monoisotopic (exact) mass is 353 g/mol. The zero-order valence-corrected chi connectivity index (χ0v) is 15.6. The summed E-state index contributed by atoms with van der Waals surface area (Å²) in [6.07, 6.45) is 11.2. The molecule has 1 saturated heterocycles. The number of hydrogen-bond donors (Lipinski definition) is 2. The summed E-state index contributed by atoms with van der Waals surface area (Å²) in [4.78, 5) is 7.11. The summed E-state index contributed by atoms with van der Waals surface area (Å²) < 4.78 is 0. The molecule has 4 rings (SSSR count). The molecule has 1 unspecified atom stereocenters. The van der Waals surface area contributed by atoms with Crippen molar-refractivity contribution in [1.82, 2.24) is 25.4 Å². The highest BCUT2D eigenvalue weighted by Crippen LogP contribution is 2.26. The van der Waals surface area contributed by atoms with Crippen LogP contribution in [0.3, 0.4) is 0 Å². The number of likely N-dealkylation sites (tertiary alicyclic amines) is 1. The van der Waals surface area contributed by atoms with Crippen molar-refractivity contribution in [2.45, 2.75) is 57.0 Å². The summed E-state index contributed by atoms with van der Waals surface area (Å²) in [5, 5.41) is 10.9. The fourth-order valence-corrected chi connectivity index (χ4v) is 4.59. The third-order valence-corrected chi connectivity index (χ3v) is 6.07. The molecule has 0 radical (unpaired) electrons. The van der Waals surface area contributed by atoms with Crippen molar-refractivity contribution < 1.29 is 0 Å². The van der Waals surface area contributed by atoms with Crippen LogP contribution in [0.5, 0.6) is 0 Å². The first-order valence-corrected chi connectivity index (χ1v) is 10.3. The zero-order valence-electron chi connectivity index (χ0n) is 15.6. The highest BCUT2D eigenvalue weighted by atomic mass is 15.2. The molecule has 2 fully saturated rings. The molecule has 2 N–H and O–H groups in total. The van der Waals surface area contributed by atoms with Crippen LogP contribution in [0.4, 0.5) is 0 Å². The number of aromatic nitrogens is 3. The molecule has 1 saturated carbocycles. The van der Waals surface area contributed by atoms with Crippen molar-refractivity contribution in [3.8, 4) is 0 Å². The molecule has 0 bridgehead atoms. The molecule has 5 nitrogen and oxygen atoms in total. The molecule has 0 spiro atoms. The number of piperidine rings is 1. The SMILES string of the molecule is c1ccc(C(NC2CCN(CC3CCCCC3)CC2)c2ncn[nH]2)cc1. The molecule has 140 valence electrons. The van der Waals surface area contributed by atoms with Crippen molar-refractivity contribution in [2.75, 3.05) is 19.6 Å². The summed E-state index contributed by atoms with van der Waals surface area (Å²) >= 11 is 0. The molecule has 1 aliphatic heterocycles. The first-order valence-electron chi connectivity index (χ1n) is 10.3. The van der Waals surface area contributed by atoms with Crippen LogP contribution in [-0.4, -0.2) is 45.8 Å². The summed E-state index contributed by atoms with van der Waals surface area (Å²) in [5.74, 6) is 1.85. The van der Waals surface area contributed by atoms with E-state index in [0.29, 0.717) is 6.04 Å². The van der Waals surface area contributed by atoms with Crippen LogP contribution in [-0.2, 0) is 0 Å². The third-order valence-electron chi connectivity index (χ3n) is 6.07. The molecular weight excluding hydrogens is 322 g/mol. The van der Waals surface area contributed by atoms with Gasteiger partial charge in [0.1, 0.15) is 12.2 Å². The van der Waals surface area contributed by atoms with E-state index in [2.05, 4.69) is 55.7 Å². The van der Waals surface area contributed by atoms with Crippen LogP contribution >= 0.6 is 0 Å². The van der Waals surface area contributed by atoms with Gasteiger partial charge in [-0.3, -0.25) is 5.10 Å². The lowest BCUT2D eigenvalue weighted by Gasteiger charge is -2.36. The Kier molecular flexibility index (Phi) is 5.97. The van der Waals surface area contributed by atoms with Crippen LogP contribution in [0.15, 0.2) is 36.7 Å². The van der Waals surface area contributed by atoms with Crippen molar-refractivity contribution in [1.29, 1.82) is 0 Å². The second-order valence-corrected chi connectivity index (χ2v) is 7.96. The molecule has 5 heteroatoms. The maximum Gasteiger partial charge on any atom is 0.145 e. The van der Waals surface area contributed by atoms with Gasteiger partial charge in [-0.1, -0.05) is 49.6 Å². The lowest BCUT2D eigenvalue weighted by atomic mass is 9.88. The molecule has 26 heavy (non-hydrogen) atoms. The van der Waals surface area contributed by atoms with E-state index in [0.717, 1.165) is 11.7 Å². The summed E-state index contributed by atoms with van der Waals surface area (Å²) in [6, 6.07) is 11.2. The maximum absolute atomic E-state index is 4.41. The number of H-pyrrole nitrogens is 1. The topological polar surface area (TPSA) is 56.8 Å². The molecule has 2 aliphatic rings. The van der Waals surface area contributed by atoms with Gasteiger partial charge < -0.3 is 10.2 Å². The minimum absolute atomic E-state index is 0.0913. The molecule has 0 amide bonds. The van der Waals surface area contributed by atoms with E-state index in [4.69, 9.17) is 0 Å². The smallest absolute Gasteiger partial charge is 0.145 e. The average Bonchev–Trinajstić information content (AvgIpc) is 3.23.